The Kier molecular flexibility index (Phi) is 3.81. The molecule has 1 heterocycles. The van der Waals surface area contributed by atoms with E-state index in [2.05, 4.69) is 27.3 Å². The molecule has 3 nitrogen and oxygen atoms in total. The van der Waals surface area contributed by atoms with E-state index in [0.29, 0.717) is 11.6 Å². The normalized spacial score (nSPS) is 20.1. The Morgan fingerprint density at radius 1 is 1.44 bits per heavy atom. The van der Waals surface area contributed by atoms with Crippen molar-refractivity contribution < 1.29 is 4.74 Å². The maximum atomic E-state index is 8.87. The van der Waals surface area contributed by atoms with E-state index in [9.17, 15) is 0 Å². The quantitative estimate of drug-likeness (QED) is 0.906. The summed E-state index contributed by atoms with van der Waals surface area (Å²) in [5, 5.41) is 12.3. The van der Waals surface area contributed by atoms with Gasteiger partial charge in [0.05, 0.1) is 18.2 Å². The van der Waals surface area contributed by atoms with Gasteiger partial charge in [-0.2, -0.15) is 5.26 Å². The van der Waals surface area contributed by atoms with Crippen LogP contribution in [0.5, 0.6) is 0 Å². The number of ether oxygens (including phenoxy) is 1. The summed E-state index contributed by atoms with van der Waals surface area (Å²) in [5.74, 6) is 0. The molecule has 1 aromatic carbocycles. The molecule has 0 aromatic heterocycles. The van der Waals surface area contributed by atoms with Crippen LogP contribution in [-0.4, -0.2) is 19.3 Å². The van der Waals surface area contributed by atoms with E-state index in [1.54, 1.807) is 0 Å². The average Bonchev–Trinajstić information content (AvgIpc) is 2.29. The van der Waals surface area contributed by atoms with Crippen molar-refractivity contribution in [2.75, 3.05) is 18.5 Å². The highest BCUT2D eigenvalue weighted by Gasteiger charge is 2.13. The Hall–Kier alpha value is -1.05. The van der Waals surface area contributed by atoms with Crippen molar-refractivity contribution in [2.24, 2.45) is 0 Å². The van der Waals surface area contributed by atoms with Crippen LogP contribution in [0.1, 0.15) is 18.4 Å². The lowest BCUT2D eigenvalue weighted by Crippen LogP contribution is -2.29. The first-order valence-corrected chi connectivity index (χ1v) is 6.12. The van der Waals surface area contributed by atoms with E-state index in [1.165, 1.54) is 0 Å². The van der Waals surface area contributed by atoms with Gasteiger partial charge in [-0.1, -0.05) is 15.9 Å². The highest BCUT2D eigenvalue weighted by atomic mass is 79.9. The predicted molar refractivity (Wildman–Crippen MR) is 66.3 cm³/mol. The molecule has 0 spiro atoms. The number of hydrogen-bond acceptors (Lipinski definition) is 3. The maximum Gasteiger partial charge on any atom is 0.0992 e. The third-order valence-electron chi connectivity index (χ3n) is 2.56. The highest BCUT2D eigenvalue weighted by Crippen LogP contribution is 2.21. The van der Waals surface area contributed by atoms with Crippen LogP contribution in [0.15, 0.2) is 22.7 Å². The third kappa shape index (κ3) is 2.97. The van der Waals surface area contributed by atoms with Crippen LogP contribution in [0.25, 0.3) is 0 Å². The molecular formula is C12H13BrN2O. The summed E-state index contributed by atoms with van der Waals surface area (Å²) in [4.78, 5) is 0. The minimum Gasteiger partial charge on any atom is -0.380 e. The molecule has 1 aliphatic rings. The summed E-state index contributed by atoms with van der Waals surface area (Å²) >= 11 is 3.40. The number of benzene rings is 1. The fraction of sp³-hybridized carbons (Fsp3) is 0.417. The van der Waals surface area contributed by atoms with E-state index >= 15 is 0 Å². The Bertz CT molecular complexity index is 408. The van der Waals surface area contributed by atoms with Crippen molar-refractivity contribution in [1.82, 2.24) is 0 Å². The topological polar surface area (TPSA) is 45.0 Å². The molecule has 1 saturated heterocycles. The standard InChI is InChI=1S/C12H13BrN2O/c13-10-4-9(7-14)5-12(6-10)15-11-2-1-3-16-8-11/h4-6,11,15H,1-3,8H2. The number of halogens is 1. The zero-order valence-electron chi connectivity index (χ0n) is 8.87. The molecular weight excluding hydrogens is 268 g/mol. The van der Waals surface area contributed by atoms with Gasteiger partial charge in [0, 0.05) is 22.8 Å². The van der Waals surface area contributed by atoms with Gasteiger partial charge in [-0.25, -0.2) is 0 Å². The molecule has 0 amide bonds. The highest BCUT2D eigenvalue weighted by molar-refractivity contribution is 9.10. The SMILES string of the molecule is N#Cc1cc(Br)cc(NC2CCCOC2)c1. The molecule has 1 fully saturated rings. The van der Waals surface area contributed by atoms with Gasteiger partial charge < -0.3 is 10.1 Å². The van der Waals surface area contributed by atoms with E-state index in [1.807, 2.05) is 18.2 Å². The second-order valence-corrected chi connectivity index (χ2v) is 4.81. The lowest BCUT2D eigenvalue weighted by Gasteiger charge is -2.24. The molecule has 1 aliphatic heterocycles. The lowest BCUT2D eigenvalue weighted by molar-refractivity contribution is 0.0876. The average molecular weight is 281 g/mol. The number of nitrogens with one attached hydrogen (secondary N) is 1. The van der Waals surface area contributed by atoms with Crippen molar-refractivity contribution >= 4 is 21.6 Å². The Morgan fingerprint density at radius 3 is 3.00 bits per heavy atom. The van der Waals surface area contributed by atoms with Crippen molar-refractivity contribution in [3.8, 4) is 6.07 Å². The van der Waals surface area contributed by atoms with Gasteiger partial charge in [-0.05, 0) is 31.0 Å². The first kappa shape index (κ1) is 11.4. The number of hydrogen-bond donors (Lipinski definition) is 1. The van der Waals surface area contributed by atoms with Crippen molar-refractivity contribution in [3.63, 3.8) is 0 Å². The number of nitriles is 1. The largest absolute Gasteiger partial charge is 0.380 e. The van der Waals surface area contributed by atoms with Gasteiger partial charge >= 0.3 is 0 Å². The third-order valence-corrected chi connectivity index (χ3v) is 3.02. The van der Waals surface area contributed by atoms with Crippen molar-refractivity contribution in [1.29, 1.82) is 5.26 Å². The van der Waals surface area contributed by atoms with Gasteiger partial charge in [0.1, 0.15) is 0 Å². The smallest absolute Gasteiger partial charge is 0.0992 e. The van der Waals surface area contributed by atoms with Crippen LogP contribution in [-0.2, 0) is 4.74 Å². The van der Waals surface area contributed by atoms with Crippen LogP contribution < -0.4 is 5.32 Å². The Morgan fingerprint density at radius 2 is 2.31 bits per heavy atom. The maximum absolute atomic E-state index is 8.87. The summed E-state index contributed by atoms with van der Waals surface area (Å²) in [6, 6.07) is 8.15. The van der Waals surface area contributed by atoms with Crippen LogP contribution in [0.4, 0.5) is 5.69 Å². The Balaban J connectivity index is 2.08. The molecule has 0 aliphatic carbocycles. The van der Waals surface area contributed by atoms with Crippen LogP contribution in [0.2, 0.25) is 0 Å². The monoisotopic (exact) mass is 280 g/mol. The minimum atomic E-state index is 0.356. The second kappa shape index (κ2) is 5.33. The first-order chi connectivity index (χ1) is 7.78. The molecule has 0 bridgehead atoms. The van der Waals surface area contributed by atoms with Crippen LogP contribution >= 0.6 is 15.9 Å². The molecule has 4 heteroatoms. The van der Waals surface area contributed by atoms with Crippen molar-refractivity contribution in [2.45, 2.75) is 18.9 Å². The molecule has 2 rings (SSSR count). The Labute approximate surface area is 104 Å². The second-order valence-electron chi connectivity index (χ2n) is 3.90. The van der Waals surface area contributed by atoms with E-state index in [-0.39, 0.29) is 0 Å². The molecule has 1 aromatic rings. The van der Waals surface area contributed by atoms with E-state index < -0.39 is 0 Å². The van der Waals surface area contributed by atoms with E-state index in [4.69, 9.17) is 10.00 Å². The molecule has 1 N–H and O–H groups in total. The van der Waals surface area contributed by atoms with Gasteiger partial charge in [0.2, 0.25) is 0 Å². The number of rotatable bonds is 2. The van der Waals surface area contributed by atoms with Gasteiger partial charge in [-0.15, -0.1) is 0 Å². The van der Waals surface area contributed by atoms with Crippen molar-refractivity contribution in [3.05, 3.63) is 28.2 Å². The molecule has 1 unspecified atom stereocenters. The predicted octanol–water partition coefficient (Wildman–Crippen LogP) is 2.91. The zero-order chi connectivity index (χ0) is 11.4. The lowest BCUT2D eigenvalue weighted by atomic mass is 10.1. The summed E-state index contributed by atoms with van der Waals surface area (Å²) in [7, 11) is 0. The number of nitrogens with zero attached hydrogens (tertiary/aromatic N) is 1. The molecule has 84 valence electrons. The molecule has 0 radical (unpaired) electrons. The van der Waals surface area contributed by atoms with Crippen LogP contribution in [0, 0.1) is 11.3 Å². The fourth-order valence-electron chi connectivity index (χ4n) is 1.83. The van der Waals surface area contributed by atoms with Gasteiger partial charge in [0.25, 0.3) is 0 Å². The fourth-order valence-corrected chi connectivity index (χ4v) is 2.32. The summed E-state index contributed by atoms with van der Waals surface area (Å²) in [6.07, 6.45) is 2.21. The molecule has 0 saturated carbocycles. The summed E-state index contributed by atoms with van der Waals surface area (Å²) < 4.78 is 6.32. The van der Waals surface area contributed by atoms with Crippen LogP contribution in [0.3, 0.4) is 0 Å². The summed E-state index contributed by atoms with van der Waals surface area (Å²) in [5.41, 5.74) is 1.63. The van der Waals surface area contributed by atoms with Gasteiger partial charge in [-0.3, -0.25) is 0 Å². The molecule has 1 atom stereocenters. The van der Waals surface area contributed by atoms with E-state index in [0.717, 1.165) is 36.2 Å². The number of anilines is 1. The molecule has 16 heavy (non-hydrogen) atoms. The summed E-state index contributed by atoms with van der Waals surface area (Å²) in [6.45, 7) is 1.61. The minimum absolute atomic E-state index is 0.356. The zero-order valence-corrected chi connectivity index (χ0v) is 10.5. The van der Waals surface area contributed by atoms with Gasteiger partial charge in [0.15, 0.2) is 0 Å². The first-order valence-electron chi connectivity index (χ1n) is 5.33.